The van der Waals surface area contributed by atoms with Crippen molar-refractivity contribution in [3.05, 3.63) is 102 Å². The predicted octanol–water partition coefficient (Wildman–Crippen LogP) is 7.27. The maximum Gasteiger partial charge on any atom is 0.405 e. The molecular weight excluding hydrogens is 973 g/mol. The third kappa shape index (κ3) is 11.3. The lowest BCUT2D eigenvalue weighted by atomic mass is 9.98. The van der Waals surface area contributed by atoms with Crippen molar-refractivity contribution in [2.75, 3.05) is 70.9 Å². The van der Waals surface area contributed by atoms with Crippen molar-refractivity contribution in [2.24, 2.45) is 0 Å². The lowest BCUT2D eigenvalue weighted by Gasteiger charge is -2.34. The highest BCUT2D eigenvalue weighted by molar-refractivity contribution is 6.00. The number of halogens is 4. The zero-order valence-electron chi connectivity index (χ0n) is 41.9. The molecule has 11 rings (SSSR count). The van der Waals surface area contributed by atoms with Gasteiger partial charge in [0.25, 0.3) is 5.91 Å². The summed E-state index contributed by atoms with van der Waals surface area (Å²) in [4.78, 5) is 33.5. The van der Waals surface area contributed by atoms with Gasteiger partial charge in [0.2, 0.25) is 5.82 Å². The Labute approximate surface area is 430 Å². The normalized spacial score (nSPS) is 19.2. The Morgan fingerprint density at radius 2 is 1.63 bits per heavy atom. The zero-order valence-corrected chi connectivity index (χ0v) is 41.9. The number of hydrogen-bond donors (Lipinski definition) is 6. The number of likely N-dealkylation sites (N-methyl/N-ethyl adjacent to an activating group) is 1. The second-order valence-corrected chi connectivity index (χ2v) is 20.1. The standard InChI is InChI=1S/C29H31FN6O2.C25H29F3N6O3/c1-35-10-4-6-20(35)16-38-29-33-27-24(28(34-29)36-14-18-8-9-19(15-36)32-18)13-31-26(25(27)30)23-12-21(37)11-17-5-2-3-7-22(17)23;1-15(2)18-11-19(21(36)12-20(18)35)22-31-32-23(24(37)30-14-25(26,27)28)34(22)17-5-3-16(4-6-17)13-33-9-7-29-8-10-33/h2-3,5,7,11-13,18-20,32,37H,4,6,8-10,14-16H2,1H3;3-6,11-12,15,29,35-36H,7-10,13-14H2,1-2H3,(H,30,37)/t18?,19?,20-;/m0./s1. The van der Waals surface area contributed by atoms with Crippen molar-refractivity contribution in [3.63, 3.8) is 0 Å². The highest BCUT2D eigenvalue weighted by atomic mass is 19.4. The van der Waals surface area contributed by atoms with Gasteiger partial charge in [-0.25, -0.2) is 4.39 Å². The van der Waals surface area contributed by atoms with Gasteiger partial charge in [0.1, 0.15) is 47.4 Å². The van der Waals surface area contributed by atoms with E-state index in [0.717, 1.165) is 94.4 Å². The van der Waals surface area contributed by atoms with Crippen molar-refractivity contribution in [2.45, 2.75) is 76.3 Å². The SMILES string of the molecule is CC(C)c1cc(-c2nnc(C(=O)NCC(F)(F)F)n2-c2ccc(CN3CCNCC3)cc2)c(O)cc1O.CN1CCC[C@H]1COc1nc(N2CC3CCC(C2)N3)c2cnc(-c3cc(O)cc4ccccc34)c(F)c2n1. The summed E-state index contributed by atoms with van der Waals surface area (Å²) >= 11 is 0. The molecule has 4 saturated heterocycles. The fourth-order valence-electron chi connectivity index (χ4n) is 10.6. The Kier molecular flexibility index (Phi) is 14.8. The lowest BCUT2D eigenvalue weighted by molar-refractivity contribution is -0.123. The number of amides is 1. The maximum atomic E-state index is 16.4. The Bertz CT molecular complexity index is 3190. The van der Waals surface area contributed by atoms with E-state index in [1.54, 1.807) is 30.5 Å². The third-order valence-corrected chi connectivity index (χ3v) is 14.5. The van der Waals surface area contributed by atoms with Crippen molar-refractivity contribution < 1.29 is 42.4 Å². The number of phenols is 3. The van der Waals surface area contributed by atoms with E-state index in [9.17, 15) is 33.3 Å². The number of nitrogens with one attached hydrogen (secondary N) is 3. The molecule has 2 bridgehead atoms. The Hall–Kier alpha value is -7.20. The Balaban J connectivity index is 0.000000171. The highest BCUT2D eigenvalue weighted by Crippen LogP contribution is 2.40. The van der Waals surface area contributed by atoms with Crippen molar-refractivity contribution in [1.82, 2.24) is 55.5 Å². The molecule has 4 aliphatic rings. The minimum absolute atomic E-state index is 0.0476. The smallest absolute Gasteiger partial charge is 0.405 e. The summed E-state index contributed by atoms with van der Waals surface area (Å²) < 4.78 is 62.1. The molecule has 4 aromatic carbocycles. The molecule has 0 radical (unpaired) electrons. The third-order valence-electron chi connectivity index (χ3n) is 14.5. The summed E-state index contributed by atoms with van der Waals surface area (Å²) in [6.45, 7) is 9.67. The molecule has 21 heteroatoms. The molecule has 3 aromatic heterocycles. The number of rotatable bonds is 12. The molecule has 1 amide bonds. The second kappa shape index (κ2) is 21.6. The molecule has 4 aliphatic heterocycles. The molecule has 7 aromatic rings. The van der Waals surface area contributed by atoms with E-state index in [1.165, 1.54) is 16.7 Å². The molecule has 3 atom stereocenters. The van der Waals surface area contributed by atoms with E-state index in [-0.39, 0.29) is 57.6 Å². The van der Waals surface area contributed by atoms with Gasteiger partial charge in [-0.05, 0) is 97.4 Å². The van der Waals surface area contributed by atoms with Crippen LogP contribution in [0.4, 0.5) is 23.4 Å². The number of likely N-dealkylation sites (tertiary alicyclic amines) is 1. The van der Waals surface area contributed by atoms with Crippen LogP contribution < -0.4 is 25.6 Å². The van der Waals surface area contributed by atoms with E-state index in [0.29, 0.717) is 52.8 Å². The second-order valence-electron chi connectivity index (χ2n) is 20.1. The number of fused-ring (bicyclic) bond motifs is 4. The van der Waals surface area contributed by atoms with Gasteiger partial charge < -0.3 is 45.8 Å². The van der Waals surface area contributed by atoms with Gasteiger partial charge in [0, 0.05) is 87.5 Å². The number of aromatic hydroxyl groups is 3. The van der Waals surface area contributed by atoms with Crippen LogP contribution in [0.1, 0.15) is 67.2 Å². The Morgan fingerprint density at radius 1 is 0.880 bits per heavy atom. The van der Waals surface area contributed by atoms with Gasteiger partial charge in [-0.15, -0.1) is 10.2 Å². The fourth-order valence-corrected chi connectivity index (χ4v) is 10.6. The molecule has 7 heterocycles. The number of aromatic nitrogens is 6. The molecule has 0 aliphatic carbocycles. The molecule has 0 saturated carbocycles. The van der Waals surface area contributed by atoms with Crippen molar-refractivity contribution in [1.29, 1.82) is 0 Å². The van der Waals surface area contributed by atoms with Crippen LogP contribution in [0.2, 0.25) is 0 Å². The van der Waals surface area contributed by atoms with Crippen molar-refractivity contribution in [3.8, 4) is 51.6 Å². The van der Waals surface area contributed by atoms with Crippen LogP contribution >= 0.6 is 0 Å². The van der Waals surface area contributed by atoms with Gasteiger partial charge in [-0.2, -0.15) is 23.1 Å². The summed E-state index contributed by atoms with van der Waals surface area (Å²) in [6, 6.07) is 22.0. The number of alkyl halides is 3. The van der Waals surface area contributed by atoms with Crippen LogP contribution in [-0.4, -0.2) is 151 Å². The topological polar surface area (TPSA) is 202 Å². The van der Waals surface area contributed by atoms with Crippen LogP contribution in [0.25, 0.3) is 50.0 Å². The number of anilines is 1. The molecule has 17 nitrogen and oxygen atoms in total. The lowest BCUT2D eigenvalue weighted by Crippen LogP contribution is -2.51. The summed E-state index contributed by atoms with van der Waals surface area (Å²) in [7, 11) is 2.10. The van der Waals surface area contributed by atoms with Gasteiger partial charge in [0.15, 0.2) is 11.6 Å². The number of pyridine rings is 1. The minimum Gasteiger partial charge on any atom is -0.508 e. The van der Waals surface area contributed by atoms with Crippen molar-refractivity contribution >= 4 is 33.4 Å². The van der Waals surface area contributed by atoms with Crippen LogP contribution in [0.5, 0.6) is 23.3 Å². The first-order chi connectivity index (χ1) is 36.1. The number of phenolic OH excluding ortho intramolecular Hbond substituents is 3. The fraction of sp³-hybridized carbons (Fsp3) is 0.407. The van der Waals surface area contributed by atoms with E-state index < -0.39 is 24.4 Å². The first-order valence-corrected chi connectivity index (χ1v) is 25.4. The van der Waals surface area contributed by atoms with Crippen LogP contribution in [0.3, 0.4) is 0 Å². The molecule has 394 valence electrons. The summed E-state index contributed by atoms with van der Waals surface area (Å²) in [6.07, 6.45) is 1.52. The summed E-state index contributed by atoms with van der Waals surface area (Å²) in [5, 5.41) is 50.1. The van der Waals surface area contributed by atoms with E-state index >= 15 is 4.39 Å². The first-order valence-electron chi connectivity index (χ1n) is 25.4. The first kappa shape index (κ1) is 51.3. The van der Waals surface area contributed by atoms with E-state index in [1.807, 2.05) is 55.6 Å². The summed E-state index contributed by atoms with van der Waals surface area (Å²) in [5.74, 6) is -1.72. The number of hydrogen-bond acceptors (Lipinski definition) is 15. The highest BCUT2D eigenvalue weighted by Gasteiger charge is 2.35. The molecule has 0 spiro atoms. The number of ether oxygens (including phenoxy) is 1. The largest absolute Gasteiger partial charge is 0.508 e. The van der Waals surface area contributed by atoms with Gasteiger partial charge >= 0.3 is 12.2 Å². The molecular formula is C54H60F4N12O5. The van der Waals surface area contributed by atoms with Gasteiger partial charge in [-0.3, -0.25) is 19.2 Å². The number of piperazine rings is 2. The van der Waals surface area contributed by atoms with E-state index in [2.05, 4.69) is 52.5 Å². The zero-order chi connectivity index (χ0) is 52.5. The molecule has 4 fully saturated rings. The molecule has 6 N–H and O–H groups in total. The van der Waals surface area contributed by atoms with Gasteiger partial charge in [0.05, 0.1) is 10.9 Å². The summed E-state index contributed by atoms with van der Waals surface area (Å²) in [5.41, 5.74) is 3.02. The van der Waals surface area contributed by atoms with Gasteiger partial charge in [-0.1, -0.05) is 50.2 Å². The predicted molar refractivity (Wildman–Crippen MR) is 276 cm³/mol. The van der Waals surface area contributed by atoms with Crippen LogP contribution in [0, 0.1) is 5.82 Å². The van der Waals surface area contributed by atoms with E-state index in [4.69, 9.17) is 9.72 Å². The number of carbonyl (C=O) groups excluding carboxylic acids is 1. The number of benzene rings is 4. The maximum absolute atomic E-state index is 16.4. The minimum atomic E-state index is -4.60. The van der Waals surface area contributed by atoms with Crippen LogP contribution in [0.15, 0.2) is 79.0 Å². The number of carbonyl (C=O) groups is 1. The number of nitrogens with zero attached hydrogens (tertiary/aromatic N) is 9. The monoisotopic (exact) mass is 1030 g/mol. The molecule has 75 heavy (non-hydrogen) atoms. The quantitative estimate of drug-likeness (QED) is 0.0667. The Morgan fingerprint density at radius 3 is 2.33 bits per heavy atom. The average molecular weight is 1030 g/mol. The van der Waals surface area contributed by atoms with Crippen LogP contribution in [-0.2, 0) is 6.54 Å². The molecule has 2 unspecified atom stereocenters. The average Bonchev–Trinajstić information content (AvgIpc) is 4.12.